The largest absolute Gasteiger partial charge is 0.335 e. The van der Waals surface area contributed by atoms with Crippen molar-refractivity contribution in [2.24, 2.45) is 0 Å². The van der Waals surface area contributed by atoms with E-state index in [9.17, 15) is 0 Å². The molecular formula is C41H41BN2. The van der Waals surface area contributed by atoms with E-state index in [1.807, 2.05) is 0 Å². The van der Waals surface area contributed by atoms with E-state index in [4.69, 9.17) is 0 Å². The van der Waals surface area contributed by atoms with Crippen LogP contribution in [0.25, 0.3) is 0 Å². The summed E-state index contributed by atoms with van der Waals surface area (Å²) in [5, 5.41) is 0. The summed E-state index contributed by atoms with van der Waals surface area (Å²) >= 11 is 0. The molecule has 0 N–H and O–H groups in total. The molecule has 2 unspecified atom stereocenters. The summed E-state index contributed by atoms with van der Waals surface area (Å²) in [6.45, 7) is 12.5. The standard InChI is InChI=1S/C41H41BN2/c1-26-24-33-37-34(25-26)44(30-14-10-7-11-15-30)39-32(19-17-28-21-23-41(4,5)36(28)39)42(37)31-18-16-27-20-22-40(2,3)35(27)38(31)43(33)29-12-8-6-9-13-29/h6-19,24-25,33,37H,20-23H2,1-5H3. The average molecular weight is 573 g/mol. The predicted octanol–water partition coefficient (Wildman–Crippen LogP) is 8.63. The molecule has 2 aliphatic heterocycles. The highest BCUT2D eigenvalue weighted by Crippen LogP contribution is 2.56. The Balaban J connectivity index is 1.42. The van der Waals surface area contributed by atoms with Crippen LogP contribution in [0.5, 0.6) is 0 Å². The van der Waals surface area contributed by atoms with Crippen molar-refractivity contribution in [3.63, 3.8) is 0 Å². The van der Waals surface area contributed by atoms with E-state index in [1.54, 1.807) is 11.1 Å². The van der Waals surface area contributed by atoms with E-state index < -0.39 is 0 Å². The van der Waals surface area contributed by atoms with Crippen LogP contribution in [0.1, 0.15) is 69.7 Å². The monoisotopic (exact) mass is 572 g/mol. The number of benzene rings is 4. The third kappa shape index (κ3) is 3.50. The third-order valence-corrected chi connectivity index (χ3v) is 11.6. The number of rotatable bonds is 2. The van der Waals surface area contributed by atoms with Gasteiger partial charge in [0.25, 0.3) is 0 Å². The molecule has 0 radical (unpaired) electrons. The number of para-hydroxylation sites is 2. The topological polar surface area (TPSA) is 6.48 Å². The van der Waals surface area contributed by atoms with Crippen LogP contribution < -0.4 is 20.7 Å². The van der Waals surface area contributed by atoms with E-state index in [-0.39, 0.29) is 16.9 Å². The van der Waals surface area contributed by atoms with Gasteiger partial charge in [0.05, 0.1) is 6.04 Å². The zero-order valence-corrected chi connectivity index (χ0v) is 26.7. The Morgan fingerprint density at radius 1 is 0.659 bits per heavy atom. The van der Waals surface area contributed by atoms with Gasteiger partial charge in [-0.3, -0.25) is 0 Å². The van der Waals surface area contributed by atoms with Crippen LogP contribution in [-0.4, -0.2) is 12.8 Å². The second-order valence-electron chi connectivity index (χ2n) is 15.2. The summed E-state index contributed by atoms with van der Waals surface area (Å²) in [6, 6.07) is 32.7. The van der Waals surface area contributed by atoms with Crippen LogP contribution in [0.3, 0.4) is 0 Å². The maximum Gasteiger partial charge on any atom is 0.226 e. The van der Waals surface area contributed by atoms with Crippen molar-refractivity contribution in [2.45, 2.75) is 83.0 Å². The number of anilines is 4. The Morgan fingerprint density at radius 2 is 1.20 bits per heavy atom. The normalized spacial score (nSPS) is 23.2. The predicted molar refractivity (Wildman–Crippen MR) is 187 cm³/mol. The minimum Gasteiger partial charge on any atom is -0.335 e. The molecule has 0 bridgehead atoms. The van der Waals surface area contributed by atoms with Crippen LogP contribution in [-0.2, 0) is 23.7 Å². The third-order valence-electron chi connectivity index (χ3n) is 11.6. The van der Waals surface area contributed by atoms with Gasteiger partial charge in [-0.2, -0.15) is 0 Å². The van der Waals surface area contributed by atoms with Crippen molar-refractivity contribution in [1.82, 2.24) is 0 Å². The molecule has 9 rings (SSSR count). The Hall–Kier alpha value is -3.98. The van der Waals surface area contributed by atoms with E-state index in [0.717, 1.165) is 12.8 Å². The van der Waals surface area contributed by atoms with Gasteiger partial charge in [0.1, 0.15) is 0 Å². The summed E-state index contributed by atoms with van der Waals surface area (Å²) in [7, 11) is 0. The number of allylic oxidation sites excluding steroid dienone is 2. The van der Waals surface area contributed by atoms with E-state index in [0.29, 0.717) is 12.5 Å². The average Bonchev–Trinajstić information content (AvgIpc) is 3.51. The van der Waals surface area contributed by atoms with Crippen molar-refractivity contribution in [1.29, 1.82) is 0 Å². The molecule has 0 saturated carbocycles. The lowest BCUT2D eigenvalue weighted by Crippen LogP contribution is -2.64. The molecule has 0 aromatic heterocycles. The van der Waals surface area contributed by atoms with Crippen molar-refractivity contribution in [3.8, 4) is 0 Å². The lowest BCUT2D eigenvalue weighted by Gasteiger charge is -2.54. The van der Waals surface area contributed by atoms with Gasteiger partial charge in [0.15, 0.2) is 0 Å². The van der Waals surface area contributed by atoms with Crippen LogP contribution in [0.15, 0.2) is 108 Å². The zero-order chi connectivity index (χ0) is 30.0. The van der Waals surface area contributed by atoms with Crippen molar-refractivity contribution < 1.29 is 0 Å². The fraction of sp³-hybridized carbons (Fsp3) is 0.317. The Kier molecular flexibility index (Phi) is 5.43. The first-order valence-electron chi connectivity index (χ1n) is 16.7. The summed E-state index contributed by atoms with van der Waals surface area (Å²) < 4.78 is 0. The zero-order valence-electron chi connectivity index (χ0n) is 26.7. The fourth-order valence-corrected chi connectivity index (χ4v) is 9.69. The molecule has 2 heterocycles. The van der Waals surface area contributed by atoms with Gasteiger partial charge >= 0.3 is 0 Å². The van der Waals surface area contributed by atoms with Gasteiger partial charge in [-0.15, -0.1) is 0 Å². The number of hydrogen-bond donors (Lipinski definition) is 0. The second-order valence-corrected chi connectivity index (χ2v) is 15.2. The lowest BCUT2D eigenvalue weighted by atomic mass is 9.28. The maximum absolute atomic E-state index is 2.74. The Labute approximate surface area is 263 Å². The molecule has 2 nitrogen and oxygen atoms in total. The molecule has 0 spiro atoms. The summed E-state index contributed by atoms with van der Waals surface area (Å²) in [4.78, 5) is 5.42. The van der Waals surface area contributed by atoms with Crippen LogP contribution in [0, 0.1) is 0 Å². The molecule has 3 aliphatic carbocycles. The molecule has 0 saturated heterocycles. The van der Waals surface area contributed by atoms with Gasteiger partial charge in [-0.05, 0) is 107 Å². The van der Waals surface area contributed by atoms with Gasteiger partial charge in [-0.1, -0.05) is 100 Å². The highest BCUT2D eigenvalue weighted by Gasteiger charge is 2.55. The molecular weight excluding hydrogens is 531 g/mol. The molecule has 4 aromatic carbocycles. The SMILES string of the molecule is CC1=CC2C3B(c4ccc5c(c4N(c4ccccc4)C3=C1)C(C)(C)CC5)c1ccc3c(c1N2c1ccccc1)C(C)(C)CC3. The number of fused-ring (bicyclic) bond motifs is 8. The van der Waals surface area contributed by atoms with Gasteiger partial charge < -0.3 is 9.80 Å². The summed E-state index contributed by atoms with van der Waals surface area (Å²) in [5.74, 6) is 0.296. The van der Waals surface area contributed by atoms with Crippen molar-refractivity contribution >= 4 is 40.4 Å². The van der Waals surface area contributed by atoms with Crippen molar-refractivity contribution in [3.05, 3.63) is 131 Å². The number of aryl methyl sites for hydroxylation is 2. The fourth-order valence-electron chi connectivity index (χ4n) is 9.69. The minimum absolute atomic E-state index is 0.132. The van der Waals surface area contributed by atoms with Crippen LogP contribution in [0.2, 0.25) is 5.82 Å². The van der Waals surface area contributed by atoms with Gasteiger partial charge in [0.2, 0.25) is 6.71 Å². The molecule has 44 heavy (non-hydrogen) atoms. The van der Waals surface area contributed by atoms with Gasteiger partial charge in [0, 0.05) is 34.3 Å². The Morgan fingerprint density at radius 3 is 1.82 bits per heavy atom. The van der Waals surface area contributed by atoms with E-state index >= 15 is 0 Å². The molecule has 218 valence electrons. The highest BCUT2D eigenvalue weighted by molar-refractivity contribution is 6.90. The van der Waals surface area contributed by atoms with Gasteiger partial charge in [-0.25, -0.2) is 0 Å². The molecule has 0 amide bonds. The highest BCUT2D eigenvalue weighted by atomic mass is 15.2. The first kappa shape index (κ1) is 26.4. The smallest absolute Gasteiger partial charge is 0.226 e. The first-order valence-corrected chi connectivity index (χ1v) is 16.7. The van der Waals surface area contributed by atoms with E-state index in [2.05, 4.69) is 141 Å². The quantitative estimate of drug-likeness (QED) is 0.222. The molecule has 4 aromatic rings. The van der Waals surface area contributed by atoms with Crippen LogP contribution >= 0.6 is 0 Å². The molecule has 5 aliphatic rings. The minimum atomic E-state index is 0.132. The second kappa shape index (κ2) is 9.04. The number of hydrogen-bond acceptors (Lipinski definition) is 2. The summed E-state index contributed by atoms with van der Waals surface area (Å²) in [5.41, 5.74) is 17.8. The van der Waals surface area contributed by atoms with E-state index in [1.165, 1.54) is 68.9 Å². The molecule has 3 heteroatoms. The maximum atomic E-state index is 2.74. The molecule has 2 atom stereocenters. The summed E-state index contributed by atoms with van der Waals surface area (Å²) in [6.07, 6.45) is 9.82. The van der Waals surface area contributed by atoms with Crippen LogP contribution in [0.4, 0.5) is 22.7 Å². The lowest BCUT2D eigenvalue weighted by molar-refractivity contribution is 0.520. The number of nitrogens with zero attached hydrogens (tertiary/aromatic N) is 2. The first-order chi connectivity index (χ1) is 21.2. The Bertz CT molecular complexity index is 1900. The molecule has 0 fully saturated rings. The van der Waals surface area contributed by atoms with Crippen molar-refractivity contribution in [2.75, 3.05) is 9.80 Å².